The van der Waals surface area contributed by atoms with Crippen molar-refractivity contribution in [2.24, 2.45) is 0 Å². The zero-order chi connectivity index (χ0) is 26.7. The monoisotopic (exact) mass is 532 g/mol. The van der Waals surface area contributed by atoms with Gasteiger partial charge in [-0.15, -0.1) is 14.3 Å². The third-order valence-electron chi connectivity index (χ3n) is 6.03. The van der Waals surface area contributed by atoms with E-state index in [1.807, 2.05) is 18.2 Å². The van der Waals surface area contributed by atoms with Gasteiger partial charge < -0.3 is 30.2 Å². The number of nitrogens with one attached hydrogen (secondary N) is 4. The highest BCUT2D eigenvalue weighted by Crippen LogP contribution is 2.44. The molecule has 0 atom stereocenters. The molecule has 0 aliphatic carbocycles. The number of imidazole rings is 1. The molecule has 4 N–H and O–H groups in total. The fourth-order valence-corrected chi connectivity index (χ4v) is 4.33. The number of nitrogens with zero attached hydrogens (tertiary/aromatic N) is 2. The standard InChI is InChI=1S/C24H17F5N6O3/c25-23(26,27)22-31-17-9-13(21(36)30-10-12-4-6-15-16(8-12)33-34-32-15)5-7-18(17)35(22)11-14-2-1-3-19-20(14)38-24(28,29)37-19/h1-9,32-34H,10-11H2,(H,30,36). The van der Waals surface area contributed by atoms with Crippen molar-refractivity contribution in [3.8, 4) is 11.5 Å². The summed E-state index contributed by atoms with van der Waals surface area (Å²) in [7, 11) is 0. The lowest BCUT2D eigenvalue weighted by Gasteiger charge is -2.13. The van der Waals surface area contributed by atoms with Gasteiger partial charge in [0.2, 0.25) is 5.82 Å². The van der Waals surface area contributed by atoms with Gasteiger partial charge in [0, 0.05) is 17.7 Å². The number of ether oxygens (including phenoxy) is 2. The first-order valence-electron chi connectivity index (χ1n) is 11.2. The van der Waals surface area contributed by atoms with Crippen LogP contribution in [-0.4, -0.2) is 21.8 Å². The number of carbonyl (C=O) groups is 1. The first-order valence-corrected chi connectivity index (χ1v) is 11.2. The smallest absolute Gasteiger partial charge is 0.395 e. The fraction of sp³-hybridized carbons (Fsp3) is 0.167. The molecule has 3 heterocycles. The Bertz CT molecular complexity index is 1590. The maximum atomic E-state index is 13.9. The Hall–Kier alpha value is -4.59. The van der Waals surface area contributed by atoms with Crippen molar-refractivity contribution in [3.05, 3.63) is 77.1 Å². The number of hydrogen-bond donors (Lipinski definition) is 4. The molecule has 3 aromatic carbocycles. The molecule has 6 rings (SSSR count). The van der Waals surface area contributed by atoms with Gasteiger partial charge in [-0.05, 0) is 42.0 Å². The Morgan fingerprint density at radius 1 is 1.03 bits per heavy atom. The molecular formula is C24H17F5N6O3. The number of hydrazine groups is 2. The predicted octanol–water partition coefficient (Wildman–Crippen LogP) is 4.61. The van der Waals surface area contributed by atoms with E-state index < -0.39 is 30.7 Å². The quantitative estimate of drug-likeness (QED) is 0.279. The fourth-order valence-electron chi connectivity index (χ4n) is 4.33. The summed E-state index contributed by atoms with van der Waals surface area (Å²) in [5, 5.41) is 2.73. The molecular weight excluding hydrogens is 515 g/mol. The number of aromatic nitrogens is 2. The summed E-state index contributed by atoms with van der Waals surface area (Å²) in [5.74, 6) is -2.39. The van der Waals surface area contributed by atoms with Gasteiger partial charge in [-0.1, -0.05) is 18.2 Å². The summed E-state index contributed by atoms with van der Waals surface area (Å²) in [6.07, 6.45) is -8.78. The Morgan fingerprint density at radius 3 is 2.66 bits per heavy atom. The Balaban J connectivity index is 1.28. The van der Waals surface area contributed by atoms with Crippen molar-refractivity contribution in [2.75, 3.05) is 10.9 Å². The highest BCUT2D eigenvalue weighted by atomic mass is 19.4. The zero-order valence-electron chi connectivity index (χ0n) is 19.1. The second-order valence-electron chi connectivity index (χ2n) is 8.57. The molecule has 38 heavy (non-hydrogen) atoms. The second kappa shape index (κ2) is 8.48. The largest absolute Gasteiger partial charge is 0.586 e. The number of amides is 1. The number of halogens is 5. The first-order chi connectivity index (χ1) is 18.1. The number of rotatable bonds is 5. The van der Waals surface area contributed by atoms with Crippen LogP contribution in [0.25, 0.3) is 11.0 Å². The van der Waals surface area contributed by atoms with Crippen LogP contribution in [0.15, 0.2) is 54.6 Å². The molecule has 0 bridgehead atoms. The van der Waals surface area contributed by atoms with E-state index in [1.54, 1.807) is 0 Å². The summed E-state index contributed by atoms with van der Waals surface area (Å²) < 4.78 is 78.6. The lowest BCUT2D eigenvalue weighted by atomic mass is 10.1. The number of alkyl halides is 5. The molecule has 2 aliphatic heterocycles. The molecule has 0 spiro atoms. The molecule has 0 saturated carbocycles. The normalized spacial score (nSPS) is 15.2. The van der Waals surface area contributed by atoms with E-state index in [9.17, 15) is 26.7 Å². The minimum absolute atomic E-state index is 0.0422. The number of carbonyl (C=O) groups excluding carboxylic acids is 1. The summed E-state index contributed by atoms with van der Waals surface area (Å²) >= 11 is 0. The highest BCUT2D eigenvalue weighted by molar-refractivity contribution is 5.97. The second-order valence-corrected chi connectivity index (χ2v) is 8.57. The summed E-state index contributed by atoms with van der Waals surface area (Å²) in [6.45, 7) is -0.296. The Kier molecular flexibility index (Phi) is 5.31. The Morgan fingerprint density at radius 2 is 1.84 bits per heavy atom. The van der Waals surface area contributed by atoms with Crippen LogP contribution in [-0.2, 0) is 19.3 Å². The number of anilines is 2. The third kappa shape index (κ3) is 4.28. The highest BCUT2D eigenvalue weighted by Gasteiger charge is 2.45. The van der Waals surface area contributed by atoms with E-state index in [0.717, 1.165) is 21.5 Å². The lowest BCUT2D eigenvalue weighted by Crippen LogP contribution is -2.26. The molecule has 196 valence electrons. The van der Waals surface area contributed by atoms with Gasteiger partial charge in [-0.3, -0.25) is 4.79 Å². The van der Waals surface area contributed by atoms with Gasteiger partial charge in [0.15, 0.2) is 11.5 Å². The van der Waals surface area contributed by atoms with Crippen molar-refractivity contribution in [1.82, 2.24) is 20.4 Å². The molecule has 9 nitrogen and oxygen atoms in total. The first kappa shape index (κ1) is 23.8. The summed E-state index contributed by atoms with van der Waals surface area (Å²) in [4.78, 5) is 16.5. The minimum atomic E-state index is -4.86. The van der Waals surface area contributed by atoms with E-state index in [0.29, 0.717) is 0 Å². The van der Waals surface area contributed by atoms with E-state index in [2.05, 4.69) is 36.2 Å². The molecule has 0 saturated heterocycles. The third-order valence-corrected chi connectivity index (χ3v) is 6.03. The molecule has 14 heteroatoms. The van der Waals surface area contributed by atoms with Gasteiger partial charge in [0.05, 0.1) is 29.0 Å². The van der Waals surface area contributed by atoms with Crippen LogP contribution in [0, 0.1) is 0 Å². The predicted molar refractivity (Wildman–Crippen MR) is 124 cm³/mol. The number of para-hydroxylation sites is 1. The summed E-state index contributed by atoms with van der Waals surface area (Å²) in [5.41, 5.74) is 11.1. The number of benzene rings is 3. The molecule has 2 aliphatic rings. The zero-order valence-corrected chi connectivity index (χ0v) is 19.1. The van der Waals surface area contributed by atoms with Crippen molar-refractivity contribution in [3.63, 3.8) is 0 Å². The van der Waals surface area contributed by atoms with Crippen molar-refractivity contribution >= 4 is 28.3 Å². The van der Waals surface area contributed by atoms with Crippen molar-refractivity contribution < 1.29 is 36.2 Å². The molecule has 4 aromatic rings. The van der Waals surface area contributed by atoms with E-state index in [4.69, 9.17) is 0 Å². The van der Waals surface area contributed by atoms with Crippen LogP contribution in [0.5, 0.6) is 11.5 Å². The van der Waals surface area contributed by atoms with Crippen LogP contribution in [0.2, 0.25) is 0 Å². The van der Waals surface area contributed by atoms with Crippen molar-refractivity contribution in [2.45, 2.75) is 25.6 Å². The van der Waals surface area contributed by atoms with Crippen LogP contribution in [0.3, 0.4) is 0 Å². The number of fused-ring (bicyclic) bond motifs is 3. The maximum Gasteiger partial charge on any atom is 0.586 e. The Labute approximate surface area is 210 Å². The van der Waals surface area contributed by atoms with Gasteiger partial charge in [0.1, 0.15) is 0 Å². The van der Waals surface area contributed by atoms with Crippen LogP contribution in [0.1, 0.15) is 27.3 Å². The molecule has 0 radical (unpaired) electrons. The van der Waals surface area contributed by atoms with Gasteiger partial charge >= 0.3 is 12.5 Å². The maximum absolute atomic E-state index is 13.9. The molecule has 1 aromatic heterocycles. The van der Waals surface area contributed by atoms with Gasteiger partial charge in [0.25, 0.3) is 5.91 Å². The average molecular weight is 532 g/mol. The molecule has 0 fully saturated rings. The van der Waals surface area contributed by atoms with Crippen LogP contribution < -0.4 is 31.2 Å². The summed E-state index contributed by atoms with van der Waals surface area (Å²) in [6, 6.07) is 13.4. The number of hydrogen-bond acceptors (Lipinski definition) is 7. The van der Waals surface area contributed by atoms with E-state index >= 15 is 0 Å². The van der Waals surface area contributed by atoms with E-state index in [1.165, 1.54) is 36.4 Å². The minimum Gasteiger partial charge on any atom is -0.395 e. The topological polar surface area (TPSA) is 101 Å². The lowest BCUT2D eigenvalue weighted by molar-refractivity contribution is -0.287. The van der Waals surface area contributed by atoms with Gasteiger partial charge in [-0.2, -0.15) is 13.2 Å². The van der Waals surface area contributed by atoms with Crippen LogP contribution in [0.4, 0.5) is 33.3 Å². The average Bonchev–Trinajstić information content (AvgIpc) is 3.56. The van der Waals surface area contributed by atoms with Gasteiger partial charge in [-0.25, -0.2) is 4.98 Å². The molecule has 0 unspecified atom stereocenters. The van der Waals surface area contributed by atoms with E-state index in [-0.39, 0.29) is 40.2 Å². The molecule has 1 amide bonds. The SMILES string of the molecule is O=C(NCc1ccc2c(c1)NNN2)c1ccc2c(c1)nc(C(F)(F)F)n2Cc1cccc2c1OC(F)(F)O2. The van der Waals surface area contributed by atoms with Crippen molar-refractivity contribution in [1.29, 1.82) is 0 Å². The van der Waals surface area contributed by atoms with Crippen LogP contribution >= 0.6 is 0 Å².